The average Bonchev–Trinajstić information content (AvgIpc) is 3.22. The molecule has 8 heteroatoms. The molecule has 0 radical (unpaired) electrons. The molecule has 7 nitrogen and oxygen atoms in total. The van der Waals surface area contributed by atoms with Gasteiger partial charge in [-0.1, -0.05) is 41.7 Å². The maximum absolute atomic E-state index is 12.6. The number of benzene rings is 2. The summed E-state index contributed by atoms with van der Waals surface area (Å²) in [5, 5.41) is 13.0. The highest BCUT2D eigenvalue weighted by Crippen LogP contribution is 2.28. The molecular weight excluding hydrogens is 360 g/mol. The molecule has 3 aromatic heterocycles. The van der Waals surface area contributed by atoms with Gasteiger partial charge in [-0.25, -0.2) is 9.97 Å². The van der Waals surface area contributed by atoms with Crippen LogP contribution >= 0.6 is 11.3 Å². The van der Waals surface area contributed by atoms with E-state index in [1.54, 1.807) is 0 Å². The summed E-state index contributed by atoms with van der Waals surface area (Å²) in [7, 11) is 0. The van der Waals surface area contributed by atoms with E-state index in [-0.39, 0.29) is 12.5 Å². The summed E-state index contributed by atoms with van der Waals surface area (Å²) >= 11 is 1.35. The van der Waals surface area contributed by atoms with E-state index in [0.717, 1.165) is 32.5 Å². The van der Waals surface area contributed by atoms with Gasteiger partial charge in [0.25, 0.3) is 0 Å². The quantitative estimate of drug-likeness (QED) is 0.522. The molecule has 0 saturated carbocycles. The topological polar surface area (TPSA) is 85.6 Å². The molecule has 0 aliphatic heterocycles. The first-order chi connectivity index (χ1) is 13.2. The minimum absolute atomic E-state index is 0.121. The first kappa shape index (κ1) is 15.8. The van der Waals surface area contributed by atoms with Crippen molar-refractivity contribution in [2.24, 2.45) is 0 Å². The second kappa shape index (κ2) is 6.10. The van der Waals surface area contributed by atoms with Gasteiger partial charge in [0.15, 0.2) is 5.65 Å². The standard InChI is InChI=1S/C19H14N6OS/c1-11-23-24-19(27-11)22-16(26)10-25-15-9-5-2-6-12(15)17-18(25)21-14-8-4-3-7-13(14)20-17/h2-9H,10H2,1H3,(H,22,24,26). The van der Waals surface area contributed by atoms with Crippen molar-refractivity contribution in [2.45, 2.75) is 13.5 Å². The van der Waals surface area contributed by atoms with Crippen molar-refractivity contribution in [2.75, 3.05) is 5.32 Å². The summed E-state index contributed by atoms with van der Waals surface area (Å²) < 4.78 is 1.90. The van der Waals surface area contributed by atoms with E-state index in [1.807, 2.05) is 60.0 Å². The summed E-state index contributed by atoms with van der Waals surface area (Å²) in [6, 6.07) is 15.6. The highest BCUT2D eigenvalue weighted by molar-refractivity contribution is 7.15. The summed E-state index contributed by atoms with van der Waals surface area (Å²) in [5.41, 5.74) is 4.05. The van der Waals surface area contributed by atoms with Crippen LogP contribution in [-0.2, 0) is 11.3 Å². The van der Waals surface area contributed by atoms with E-state index >= 15 is 0 Å². The van der Waals surface area contributed by atoms with Gasteiger partial charge in [0.05, 0.1) is 16.6 Å². The smallest absolute Gasteiger partial charge is 0.246 e. The Labute approximate surface area is 157 Å². The zero-order valence-electron chi connectivity index (χ0n) is 14.4. The number of fused-ring (bicyclic) bond motifs is 4. The largest absolute Gasteiger partial charge is 0.314 e. The molecule has 5 aromatic rings. The van der Waals surface area contributed by atoms with Crippen LogP contribution in [0.4, 0.5) is 5.13 Å². The first-order valence-electron chi connectivity index (χ1n) is 8.43. The van der Waals surface area contributed by atoms with Gasteiger partial charge < -0.3 is 4.57 Å². The number of carbonyl (C=O) groups is 1. The van der Waals surface area contributed by atoms with Crippen LogP contribution in [0.3, 0.4) is 0 Å². The van der Waals surface area contributed by atoms with Crippen LogP contribution in [0.15, 0.2) is 48.5 Å². The third-order valence-electron chi connectivity index (χ3n) is 4.33. The fourth-order valence-corrected chi connectivity index (χ4v) is 3.80. The van der Waals surface area contributed by atoms with Gasteiger partial charge in [0.1, 0.15) is 17.1 Å². The number of carbonyl (C=O) groups excluding carboxylic acids is 1. The van der Waals surface area contributed by atoms with Crippen molar-refractivity contribution in [3.63, 3.8) is 0 Å². The summed E-state index contributed by atoms with van der Waals surface area (Å²) in [5.74, 6) is -0.177. The third kappa shape index (κ3) is 2.70. The van der Waals surface area contributed by atoms with Crippen molar-refractivity contribution < 1.29 is 4.79 Å². The van der Waals surface area contributed by atoms with Crippen molar-refractivity contribution in [1.82, 2.24) is 24.7 Å². The minimum atomic E-state index is -0.177. The van der Waals surface area contributed by atoms with Crippen molar-refractivity contribution in [3.05, 3.63) is 53.5 Å². The van der Waals surface area contributed by atoms with Gasteiger partial charge in [-0.2, -0.15) is 0 Å². The summed E-state index contributed by atoms with van der Waals surface area (Å²) in [4.78, 5) is 22.2. The molecule has 0 aliphatic carbocycles. The Kier molecular flexibility index (Phi) is 3.58. The van der Waals surface area contributed by atoms with Gasteiger partial charge in [0, 0.05) is 5.39 Å². The van der Waals surface area contributed by atoms with E-state index in [1.165, 1.54) is 11.3 Å². The molecule has 132 valence electrons. The van der Waals surface area contributed by atoms with Crippen molar-refractivity contribution >= 4 is 55.5 Å². The molecule has 0 bridgehead atoms. The van der Waals surface area contributed by atoms with Gasteiger partial charge in [-0.3, -0.25) is 10.1 Å². The molecule has 0 aliphatic rings. The van der Waals surface area contributed by atoms with E-state index < -0.39 is 0 Å². The molecule has 0 fully saturated rings. The number of hydrogen-bond acceptors (Lipinski definition) is 6. The predicted molar refractivity (Wildman–Crippen MR) is 106 cm³/mol. The SMILES string of the molecule is Cc1nnc(NC(=O)Cn2c3ccccc3c3nc4ccccc4nc32)s1. The lowest BCUT2D eigenvalue weighted by Crippen LogP contribution is -2.18. The van der Waals surface area contributed by atoms with Crippen molar-refractivity contribution in [1.29, 1.82) is 0 Å². The highest BCUT2D eigenvalue weighted by Gasteiger charge is 2.17. The molecule has 0 spiro atoms. The molecule has 1 amide bonds. The number of nitrogens with zero attached hydrogens (tertiary/aromatic N) is 5. The Hall–Kier alpha value is -3.39. The number of anilines is 1. The molecule has 3 heterocycles. The lowest BCUT2D eigenvalue weighted by Gasteiger charge is -2.06. The van der Waals surface area contributed by atoms with Gasteiger partial charge >= 0.3 is 0 Å². The molecular formula is C19H14N6OS. The van der Waals surface area contributed by atoms with Gasteiger partial charge in [-0.15, -0.1) is 10.2 Å². The maximum atomic E-state index is 12.6. The van der Waals surface area contributed by atoms with E-state index in [9.17, 15) is 4.79 Å². The Morgan fingerprint density at radius 2 is 1.78 bits per heavy atom. The fourth-order valence-electron chi connectivity index (χ4n) is 3.19. The molecule has 5 rings (SSSR count). The van der Waals surface area contributed by atoms with Crippen LogP contribution in [0.5, 0.6) is 0 Å². The Morgan fingerprint density at radius 1 is 1.04 bits per heavy atom. The minimum Gasteiger partial charge on any atom is -0.314 e. The average molecular weight is 374 g/mol. The van der Waals surface area contributed by atoms with Crippen molar-refractivity contribution in [3.8, 4) is 0 Å². The van der Waals surface area contributed by atoms with Gasteiger partial charge in [0.2, 0.25) is 11.0 Å². The monoisotopic (exact) mass is 374 g/mol. The highest BCUT2D eigenvalue weighted by atomic mass is 32.1. The molecule has 27 heavy (non-hydrogen) atoms. The molecule has 2 aromatic carbocycles. The second-order valence-corrected chi connectivity index (χ2v) is 7.34. The lowest BCUT2D eigenvalue weighted by molar-refractivity contribution is -0.116. The number of nitrogens with one attached hydrogen (secondary N) is 1. The number of amides is 1. The lowest BCUT2D eigenvalue weighted by atomic mass is 10.2. The van der Waals surface area contributed by atoms with E-state index in [2.05, 4.69) is 15.5 Å². The fraction of sp³-hybridized carbons (Fsp3) is 0.105. The molecule has 0 unspecified atom stereocenters. The zero-order chi connectivity index (χ0) is 18.4. The molecule has 1 N–H and O–H groups in total. The zero-order valence-corrected chi connectivity index (χ0v) is 15.2. The number of hydrogen-bond donors (Lipinski definition) is 1. The number of aromatic nitrogens is 5. The Morgan fingerprint density at radius 3 is 2.56 bits per heavy atom. The number of aryl methyl sites for hydroxylation is 1. The van der Waals surface area contributed by atoms with Crippen LogP contribution in [0.2, 0.25) is 0 Å². The Bertz CT molecular complexity index is 1320. The van der Waals surface area contributed by atoms with E-state index in [4.69, 9.17) is 9.97 Å². The molecule has 0 atom stereocenters. The summed E-state index contributed by atoms with van der Waals surface area (Å²) in [6.07, 6.45) is 0. The van der Waals surface area contributed by atoms with Crippen LogP contribution in [0, 0.1) is 6.92 Å². The van der Waals surface area contributed by atoms with E-state index in [0.29, 0.717) is 10.8 Å². The third-order valence-corrected chi connectivity index (χ3v) is 5.09. The van der Waals surface area contributed by atoms with Crippen LogP contribution < -0.4 is 5.32 Å². The normalized spacial score (nSPS) is 11.4. The summed E-state index contributed by atoms with van der Waals surface area (Å²) in [6.45, 7) is 1.97. The number of para-hydroxylation sites is 3. The van der Waals surface area contributed by atoms with Crippen LogP contribution in [-0.4, -0.2) is 30.6 Å². The predicted octanol–water partition coefficient (Wildman–Crippen LogP) is 3.54. The van der Waals surface area contributed by atoms with Gasteiger partial charge in [-0.05, 0) is 25.1 Å². The van der Waals surface area contributed by atoms with Crippen LogP contribution in [0.25, 0.3) is 33.1 Å². The second-order valence-electron chi connectivity index (χ2n) is 6.16. The van der Waals surface area contributed by atoms with Crippen LogP contribution in [0.1, 0.15) is 5.01 Å². The first-order valence-corrected chi connectivity index (χ1v) is 9.24. The Balaban J connectivity index is 1.65. The molecule has 0 saturated heterocycles. The maximum Gasteiger partial charge on any atom is 0.246 e. The number of rotatable bonds is 3.